The smallest absolute Gasteiger partial charge is 0.357 e. The van der Waals surface area contributed by atoms with Gasteiger partial charge in [-0.05, 0) is 44.6 Å². The maximum atomic E-state index is 12.4. The average molecular weight is 392 g/mol. The minimum Gasteiger partial charge on any atom is -0.464 e. The van der Waals surface area contributed by atoms with Gasteiger partial charge in [-0.25, -0.2) is 18.6 Å². The number of rotatable bonds is 2. The molecule has 0 radical (unpaired) electrons. The first-order valence-electron chi connectivity index (χ1n) is 3.69. The molecule has 1 aromatic heterocycles. The first kappa shape index (κ1) is 12.8. The third kappa shape index (κ3) is 2.83. The Kier molecular flexibility index (Phi) is 4.38. The Labute approximate surface area is 106 Å². The molecule has 0 saturated heterocycles. The molecule has 0 saturated carbocycles. The van der Waals surface area contributed by atoms with Crippen molar-refractivity contribution in [3.05, 3.63) is 25.5 Å². The molecule has 0 fully saturated rings. The Morgan fingerprint density at radius 2 is 2.27 bits per heavy atom. The van der Waals surface area contributed by atoms with E-state index in [0.29, 0.717) is 8.04 Å². The number of halogens is 4. The average Bonchev–Trinajstić information content (AvgIpc) is 2.20. The van der Waals surface area contributed by atoms with Crippen LogP contribution in [0.2, 0.25) is 0 Å². The predicted octanol–water partition coefficient (Wildman–Crippen LogP) is 3.17. The zero-order valence-electron chi connectivity index (χ0n) is 7.43. The van der Waals surface area contributed by atoms with Gasteiger partial charge in [-0.2, -0.15) is 0 Å². The second-order valence-corrected chi connectivity index (χ2v) is 4.44. The monoisotopic (exact) mass is 391 g/mol. The third-order valence-electron chi connectivity index (χ3n) is 1.54. The number of ether oxygens (including phenoxy) is 1. The highest BCUT2D eigenvalue weighted by atomic mass is 127. The van der Waals surface area contributed by atoms with Gasteiger partial charge in [-0.3, -0.25) is 0 Å². The number of carbonyl (C=O) groups excluding carboxylic acids is 1. The summed E-state index contributed by atoms with van der Waals surface area (Å²) in [5.74, 6) is -0.748. The van der Waals surface area contributed by atoms with E-state index >= 15 is 0 Å². The fourth-order valence-electron chi connectivity index (χ4n) is 0.860. The molecule has 0 aromatic carbocycles. The van der Waals surface area contributed by atoms with E-state index < -0.39 is 18.1 Å². The summed E-state index contributed by atoms with van der Waals surface area (Å²) in [4.78, 5) is 14.7. The number of methoxy groups -OCH3 is 1. The van der Waals surface area contributed by atoms with Gasteiger partial charge in [-0.1, -0.05) is 0 Å². The Balaban J connectivity index is 3.31. The number of carbonyl (C=O) groups is 1. The second-order valence-electron chi connectivity index (χ2n) is 2.48. The van der Waals surface area contributed by atoms with Crippen LogP contribution in [-0.2, 0) is 4.74 Å². The highest BCUT2D eigenvalue weighted by molar-refractivity contribution is 14.1. The van der Waals surface area contributed by atoms with Crippen LogP contribution in [0, 0.1) is 3.57 Å². The van der Waals surface area contributed by atoms with Crippen molar-refractivity contribution in [3.63, 3.8) is 0 Å². The quantitative estimate of drug-likeness (QED) is 0.574. The van der Waals surface area contributed by atoms with Gasteiger partial charge in [0.25, 0.3) is 6.43 Å². The first-order chi connectivity index (χ1) is 6.97. The van der Waals surface area contributed by atoms with E-state index in [2.05, 4.69) is 25.7 Å². The zero-order valence-corrected chi connectivity index (χ0v) is 11.2. The van der Waals surface area contributed by atoms with Gasteiger partial charge in [-0.15, -0.1) is 0 Å². The highest BCUT2D eigenvalue weighted by Crippen LogP contribution is 2.27. The normalized spacial score (nSPS) is 10.5. The van der Waals surface area contributed by atoms with Crippen LogP contribution in [0.4, 0.5) is 8.78 Å². The maximum Gasteiger partial charge on any atom is 0.357 e. The molecule has 0 bridgehead atoms. The highest BCUT2D eigenvalue weighted by Gasteiger charge is 2.19. The van der Waals surface area contributed by atoms with E-state index in [1.54, 1.807) is 0 Å². The molecule has 15 heavy (non-hydrogen) atoms. The van der Waals surface area contributed by atoms with Crippen molar-refractivity contribution in [1.82, 2.24) is 4.98 Å². The van der Waals surface area contributed by atoms with Gasteiger partial charge in [0.15, 0.2) is 5.69 Å². The molecular weight excluding hydrogens is 387 g/mol. The van der Waals surface area contributed by atoms with Crippen molar-refractivity contribution < 1.29 is 18.3 Å². The fraction of sp³-hybridized carbons (Fsp3) is 0.250. The minimum atomic E-state index is -2.71. The molecule has 3 nitrogen and oxygen atoms in total. The Morgan fingerprint density at radius 1 is 1.67 bits per heavy atom. The number of hydrogen-bond donors (Lipinski definition) is 0. The number of alkyl halides is 2. The number of esters is 1. The van der Waals surface area contributed by atoms with Crippen LogP contribution in [-0.4, -0.2) is 18.1 Å². The van der Waals surface area contributed by atoms with Crippen molar-refractivity contribution in [1.29, 1.82) is 0 Å². The molecule has 0 N–H and O–H groups in total. The van der Waals surface area contributed by atoms with Crippen LogP contribution in [0.5, 0.6) is 0 Å². The Morgan fingerprint density at radius 3 is 2.73 bits per heavy atom. The van der Waals surface area contributed by atoms with Gasteiger partial charge in [0, 0.05) is 3.57 Å². The lowest BCUT2D eigenvalue weighted by Crippen LogP contribution is -2.08. The second kappa shape index (κ2) is 5.15. The lowest BCUT2D eigenvalue weighted by Gasteiger charge is -2.06. The van der Waals surface area contributed by atoms with Crippen LogP contribution in [0.1, 0.15) is 22.6 Å². The Bertz CT molecular complexity index is 400. The summed E-state index contributed by atoms with van der Waals surface area (Å²) >= 11 is 4.92. The number of hydrogen-bond acceptors (Lipinski definition) is 3. The summed E-state index contributed by atoms with van der Waals surface area (Å²) in [5, 5.41) is 0. The van der Waals surface area contributed by atoms with Crippen LogP contribution < -0.4 is 0 Å². The van der Waals surface area contributed by atoms with Crippen LogP contribution >= 0.6 is 38.5 Å². The number of nitrogens with zero attached hydrogens (tertiary/aromatic N) is 1. The van der Waals surface area contributed by atoms with Crippen LogP contribution in [0.3, 0.4) is 0 Å². The van der Waals surface area contributed by atoms with Gasteiger partial charge >= 0.3 is 5.97 Å². The summed E-state index contributed by atoms with van der Waals surface area (Å²) in [6, 6.07) is 1.21. The standard InChI is InChI=1S/C8H5BrF2INO2/c1-15-8(14)6-5(9)3(12)2-4(13-6)7(10)11/h2,7H,1H3. The molecular formula is C8H5BrF2INO2. The van der Waals surface area contributed by atoms with Gasteiger partial charge < -0.3 is 4.74 Å². The summed E-state index contributed by atoms with van der Waals surface area (Å²) < 4.78 is 30.1. The zero-order chi connectivity index (χ0) is 11.6. The van der Waals surface area contributed by atoms with Crippen molar-refractivity contribution in [2.75, 3.05) is 7.11 Å². The summed E-state index contributed by atoms with van der Waals surface area (Å²) in [7, 11) is 1.17. The fourth-order valence-corrected chi connectivity index (χ4v) is 1.80. The molecule has 0 aliphatic heterocycles. The van der Waals surface area contributed by atoms with E-state index in [1.807, 2.05) is 22.6 Å². The minimum absolute atomic E-state index is 0.139. The van der Waals surface area contributed by atoms with Gasteiger partial charge in [0.2, 0.25) is 0 Å². The maximum absolute atomic E-state index is 12.4. The lowest BCUT2D eigenvalue weighted by atomic mass is 10.3. The summed E-state index contributed by atoms with van der Waals surface area (Å²) in [6.07, 6.45) is -2.71. The van der Waals surface area contributed by atoms with E-state index in [-0.39, 0.29) is 5.69 Å². The molecule has 0 atom stereocenters. The van der Waals surface area contributed by atoms with E-state index in [1.165, 1.54) is 13.2 Å². The predicted molar refractivity (Wildman–Crippen MR) is 61.0 cm³/mol. The van der Waals surface area contributed by atoms with Crippen molar-refractivity contribution in [2.24, 2.45) is 0 Å². The number of aromatic nitrogens is 1. The topological polar surface area (TPSA) is 39.2 Å². The molecule has 0 aliphatic rings. The molecule has 0 unspecified atom stereocenters. The third-order valence-corrected chi connectivity index (χ3v) is 3.93. The first-order valence-corrected chi connectivity index (χ1v) is 5.57. The van der Waals surface area contributed by atoms with Crippen LogP contribution in [0.25, 0.3) is 0 Å². The molecule has 0 amide bonds. The molecule has 1 aromatic rings. The molecule has 1 heterocycles. The van der Waals surface area contributed by atoms with Crippen molar-refractivity contribution >= 4 is 44.5 Å². The SMILES string of the molecule is COC(=O)c1nc(C(F)F)cc(I)c1Br. The van der Waals surface area contributed by atoms with Crippen LogP contribution in [0.15, 0.2) is 10.5 Å². The molecule has 7 heteroatoms. The lowest BCUT2D eigenvalue weighted by molar-refractivity contribution is 0.0591. The van der Waals surface area contributed by atoms with E-state index in [9.17, 15) is 13.6 Å². The molecule has 1 rings (SSSR count). The largest absolute Gasteiger partial charge is 0.464 e. The van der Waals surface area contributed by atoms with Gasteiger partial charge in [0.05, 0.1) is 11.6 Å². The number of pyridine rings is 1. The van der Waals surface area contributed by atoms with Crippen molar-refractivity contribution in [2.45, 2.75) is 6.43 Å². The Hall–Kier alpha value is -0.310. The molecule has 82 valence electrons. The van der Waals surface area contributed by atoms with E-state index in [0.717, 1.165) is 0 Å². The summed E-state index contributed by atoms with van der Waals surface area (Å²) in [6.45, 7) is 0. The van der Waals surface area contributed by atoms with Crippen molar-refractivity contribution in [3.8, 4) is 0 Å². The van der Waals surface area contributed by atoms with E-state index in [4.69, 9.17) is 0 Å². The summed E-state index contributed by atoms with van der Waals surface area (Å²) in [5.41, 5.74) is -0.581. The molecule has 0 aliphatic carbocycles. The van der Waals surface area contributed by atoms with Gasteiger partial charge in [0.1, 0.15) is 5.69 Å². The molecule has 0 spiro atoms.